The number of benzene rings is 2. The molecule has 0 fully saturated rings. The molecule has 1 aliphatic carbocycles. The van der Waals surface area contributed by atoms with E-state index >= 15 is 0 Å². The third kappa shape index (κ3) is 3.26. The molecule has 0 saturated heterocycles. The molecule has 2 aliphatic rings. The second-order valence-corrected chi connectivity index (χ2v) is 6.77. The summed E-state index contributed by atoms with van der Waals surface area (Å²) in [5.74, 6) is -0.251. The lowest BCUT2D eigenvalue weighted by Gasteiger charge is -2.19. The first-order valence-corrected chi connectivity index (χ1v) is 8.80. The van der Waals surface area contributed by atoms with Crippen LogP contribution in [0.5, 0.6) is 0 Å². The van der Waals surface area contributed by atoms with Gasteiger partial charge >= 0.3 is 0 Å². The van der Waals surface area contributed by atoms with E-state index < -0.39 is 0 Å². The smallest absolute Gasteiger partial charge is 0.257 e. The van der Waals surface area contributed by atoms with E-state index in [9.17, 15) is 4.79 Å². The highest BCUT2D eigenvalue weighted by molar-refractivity contribution is 6.37. The third-order valence-corrected chi connectivity index (χ3v) is 4.92. The fourth-order valence-corrected chi connectivity index (χ4v) is 3.43. The van der Waals surface area contributed by atoms with Crippen LogP contribution in [0.1, 0.15) is 15.9 Å². The molecule has 130 valence electrons. The normalized spacial score (nSPS) is 20.7. The topological polar surface area (TPSA) is 50.7 Å². The lowest BCUT2D eigenvalue weighted by atomic mass is 9.95. The van der Waals surface area contributed by atoms with Crippen molar-refractivity contribution in [1.82, 2.24) is 0 Å². The van der Waals surface area contributed by atoms with Crippen LogP contribution in [0, 0.1) is 0 Å². The van der Waals surface area contributed by atoms with E-state index in [1.165, 1.54) is 6.40 Å². The van der Waals surface area contributed by atoms with Crippen molar-refractivity contribution in [1.29, 1.82) is 0 Å². The summed E-state index contributed by atoms with van der Waals surface area (Å²) < 4.78 is 5.37. The van der Waals surface area contributed by atoms with E-state index in [1.54, 1.807) is 24.3 Å². The molecule has 4 rings (SSSR count). The number of hydrogen-bond donors (Lipinski definition) is 1. The van der Waals surface area contributed by atoms with Crippen molar-refractivity contribution in [3.05, 3.63) is 81.9 Å². The summed E-state index contributed by atoms with van der Waals surface area (Å²) in [6.07, 6.45) is 5.19. The Morgan fingerprint density at radius 2 is 1.81 bits per heavy atom. The Kier molecular flexibility index (Phi) is 4.53. The Bertz CT molecular complexity index is 949. The molecule has 0 saturated carbocycles. The maximum absolute atomic E-state index is 12.3. The Morgan fingerprint density at radius 3 is 2.58 bits per heavy atom. The number of amides is 1. The van der Waals surface area contributed by atoms with Gasteiger partial charge in [-0.05, 0) is 47.6 Å². The monoisotopic (exact) mass is 384 g/mol. The first-order chi connectivity index (χ1) is 12.6. The standard InChI is InChI=1S/C20H14Cl2N2O2/c21-16-4-2-1-3-14(16)20(25)24-13-7-5-12(6-8-13)15-9-18-19(10-17(15)22)26-11-23-18/h1-11,18-19H,(H,24,25). The minimum Gasteiger partial charge on any atom is -0.474 e. The molecule has 1 aliphatic heterocycles. The summed E-state index contributed by atoms with van der Waals surface area (Å²) >= 11 is 12.4. The SMILES string of the molecule is O=C(Nc1ccc(C2=CC3N=COC3C=C2Cl)cc1)c1ccccc1Cl. The summed E-state index contributed by atoms with van der Waals surface area (Å²) in [6, 6.07) is 14.4. The zero-order valence-electron chi connectivity index (χ0n) is 13.5. The van der Waals surface area contributed by atoms with Crippen LogP contribution < -0.4 is 5.32 Å². The van der Waals surface area contributed by atoms with Gasteiger partial charge in [-0.2, -0.15) is 0 Å². The van der Waals surface area contributed by atoms with Gasteiger partial charge in [-0.15, -0.1) is 0 Å². The van der Waals surface area contributed by atoms with E-state index in [-0.39, 0.29) is 18.1 Å². The molecule has 2 aromatic carbocycles. The van der Waals surface area contributed by atoms with Crippen molar-refractivity contribution in [3.63, 3.8) is 0 Å². The average molecular weight is 385 g/mol. The van der Waals surface area contributed by atoms with E-state index in [4.69, 9.17) is 27.9 Å². The van der Waals surface area contributed by atoms with E-state index in [2.05, 4.69) is 10.3 Å². The molecule has 0 bridgehead atoms. The van der Waals surface area contributed by atoms with Gasteiger partial charge in [-0.25, -0.2) is 4.99 Å². The Balaban J connectivity index is 1.52. The molecular weight excluding hydrogens is 371 g/mol. The van der Waals surface area contributed by atoms with Gasteiger partial charge in [0.05, 0.1) is 10.6 Å². The maximum atomic E-state index is 12.3. The van der Waals surface area contributed by atoms with Gasteiger partial charge in [0, 0.05) is 10.7 Å². The van der Waals surface area contributed by atoms with Crippen LogP contribution in [0.15, 0.2) is 70.7 Å². The second kappa shape index (κ2) is 6.98. The van der Waals surface area contributed by atoms with Gasteiger partial charge in [0.1, 0.15) is 12.1 Å². The number of halogens is 2. The number of fused-ring (bicyclic) bond motifs is 1. The number of carbonyl (C=O) groups excluding carboxylic acids is 1. The molecule has 1 amide bonds. The molecular formula is C20H14Cl2N2O2. The van der Waals surface area contributed by atoms with Crippen LogP contribution in [0.3, 0.4) is 0 Å². The summed E-state index contributed by atoms with van der Waals surface area (Å²) in [4.78, 5) is 16.6. The minimum atomic E-state index is -0.251. The number of aliphatic imine (C=N–C) groups is 1. The molecule has 2 unspecified atom stereocenters. The van der Waals surface area contributed by atoms with Crippen LogP contribution in [0.4, 0.5) is 5.69 Å². The number of carbonyl (C=O) groups is 1. The lowest BCUT2D eigenvalue weighted by Crippen LogP contribution is -2.21. The van der Waals surface area contributed by atoms with Crippen LogP contribution in [0.25, 0.3) is 5.57 Å². The highest BCUT2D eigenvalue weighted by Gasteiger charge is 2.28. The molecule has 0 aromatic heterocycles. The van der Waals surface area contributed by atoms with Crippen LogP contribution in [-0.4, -0.2) is 24.5 Å². The van der Waals surface area contributed by atoms with Gasteiger partial charge in [0.2, 0.25) is 0 Å². The van der Waals surface area contributed by atoms with Crippen LogP contribution >= 0.6 is 23.2 Å². The Hall–Kier alpha value is -2.56. The van der Waals surface area contributed by atoms with Crippen molar-refractivity contribution in [2.24, 2.45) is 4.99 Å². The maximum Gasteiger partial charge on any atom is 0.257 e. The van der Waals surface area contributed by atoms with Crippen molar-refractivity contribution in [3.8, 4) is 0 Å². The number of allylic oxidation sites excluding steroid dienone is 2. The average Bonchev–Trinajstić information content (AvgIpc) is 3.09. The lowest BCUT2D eigenvalue weighted by molar-refractivity contribution is 0.102. The van der Waals surface area contributed by atoms with Gasteiger partial charge in [-0.3, -0.25) is 4.79 Å². The zero-order chi connectivity index (χ0) is 18.1. The number of nitrogens with zero attached hydrogens (tertiary/aromatic N) is 1. The third-order valence-electron chi connectivity index (χ3n) is 4.27. The number of ether oxygens (including phenoxy) is 1. The predicted octanol–water partition coefficient (Wildman–Crippen LogP) is 4.91. The highest BCUT2D eigenvalue weighted by atomic mass is 35.5. The number of rotatable bonds is 3. The quantitative estimate of drug-likeness (QED) is 0.817. The van der Waals surface area contributed by atoms with Crippen LogP contribution in [0.2, 0.25) is 5.02 Å². The summed E-state index contributed by atoms with van der Waals surface area (Å²) in [5.41, 5.74) is 2.96. The van der Waals surface area contributed by atoms with Crippen molar-refractivity contribution in [2.75, 3.05) is 5.32 Å². The Labute approximate surface area is 160 Å². The van der Waals surface area contributed by atoms with E-state index in [0.29, 0.717) is 21.3 Å². The predicted molar refractivity (Wildman–Crippen MR) is 105 cm³/mol. The summed E-state index contributed by atoms with van der Waals surface area (Å²) in [6.45, 7) is 0. The first kappa shape index (κ1) is 16.9. The largest absolute Gasteiger partial charge is 0.474 e. The molecule has 2 aromatic rings. The van der Waals surface area contributed by atoms with Crippen molar-refractivity contribution in [2.45, 2.75) is 12.1 Å². The van der Waals surface area contributed by atoms with Gasteiger partial charge in [0.25, 0.3) is 5.91 Å². The minimum absolute atomic E-state index is 0.0490. The molecule has 6 heteroatoms. The van der Waals surface area contributed by atoms with Crippen molar-refractivity contribution >= 4 is 46.8 Å². The first-order valence-electron chi connectivity index (χ1n) is 8.05. The fraction of sp³-hybridized carbons (Fsp3) is 0.100. The summed E-state index contributed by atoms with van der Waals surface area (Å²) in [7, 11) is 0. The number of nitrogens with one attached hydrogen (secondary N) is 1. The van der Waals surface area contributed by atoms with E-state index in [0.717, 1.165) is 11.1 Å². The molecule has 4 nitrogen and oxygen atoms in total. The van der Waals surface area contributed by atoms with E-state index in [1.807, 2.05) is 36.4 Å². The fourth-order valence-electron chi connectivity index (χ4n) is 2.91. The molecule has 0 radical (unpaired) electrons. The van der Waals surface area contributed by atoms with Crippen molar-refractivity contribution < 1.29 is 9.53 Å². The molecule has 26 heavy (non-hydrogen) atoms. The van der Waals surface area contributed by atoms with Gasteiger partial charge in [-0.1, -0.05) is 47.5 Å². The Morgan fingerprint density at radius 1 is 1.04 bits per heavy atom. The van der Waals surface area contributed by atoms with Gasteiger partial charge in [0.15, 0.2) is 6.40 Å². The number of anilines is 1. The number of hydrogen-bond acceptors (Lipinski definition) is 3. The summed E-state index contributed by atoms with van der Waals surface area (Å²) in [5, 5.41) is 3.89. The van der Waals surface area contributed by atoms with Crippen LogP contribution in [-0.2, 0) is 4.74 Å². The zero-order valence-corrected chi connectivity index (χ0v) is 15.0. The second-order valence-electron chi connectivity index (χ2n) is 5.95. The molecule has 1 N–H and O–H groups in total. The van der Waals surface area contributed by atoms with Gasteiger partial charge < -0.3 is 10.1 Å². The molecule has 0 spiro atoms. The molecule has 1 heterocycles. The highest BCUT2D eigenvalue weighted by Crippen LogP contribution is 2.34. The molecule has 2 atom stereocenters.